The molecule has 3 atom stereocenters. The van der Waals surface area contributed by atoms with Crippen molar-refractivity contribution in [3.8, 4) is 0 Å². The van der Waals surface area contributed by atoms with Crippen molar-refractivity contribution in [3.05, 3.63) is 35.4 Å². The van der Waals surface area contributed by atoms with E-state index < -0.39 is 0 Å². The molecule has 0 saturated carbocycles. The van der Waals surface area contributed by atoms with Crippen LogP contribution in [0.25, 0.3) is 0 Å². The van der Waals surface area contributed by atoms with E-state index in [1.807, 2.05) is 0 Å². The third-order valence-corrected chi connectivity index (χ3v) is 8.36. The molecule has 2 saturated heterocycles. The fourth-order valence-corrected chi connectivity index (χ4v) is 5.82. The largest absolute Gasteiger partial charge is 0.354 e. The van der Waals surface area contributed by atoms with E-state index in [1.165, 1.54) is 43.2 Å². The van der Waals surface area contributed by atoms with Gasteiger partial charge in [0.2, 0.25) is 0 Å². The molecule has 0 aliphatic carbocycles. The van der Waals surface area contributed by atoms with E-state index in [-0.39, 0.29) is 0 Å². The number of guanidine groups is 2. The van der Waals surface area contributed by atoms with Gasteiger partial charge < -0.3 is 20.0 Å². The first-order valence-corrected chi connectivity index (χ1v) is 14.7. The molecule has 1 aromatic rings. The molecule has 3 rings (SSSR count). The maximum atomic E-state index is 8.96. The molecule has 6 nitrogen and oxygen atoms in total. The smallest absolute Gasteiger partial charge is 0.194 e. The Hall–Kier alpha value is -2.24. The zero-order valence-corrected chi connectivity index (χ0v) is 23.5. The Morgan fingerprint density at radius 3 is 2.50 bits per heavy atom. The van der Waals surface area contributed by atoms with Crippen LogP contribution >= 0.6 is 0 Å². The number of unbranched alkanes of at least 4 members (excludes halogenated alkanes) is 5. The predicted octanol–water partition coefficient (Wildman–Crippen LogP) is 5.85. The van der Waals surface area contributed by atoms with Crippen molar-refractivity contribution in [3.63, 3.8) is 0 Å². The van der Waals surface area contributed by atoms with Crippen LogP contribution in [0.5, 0.6) is 0 Å². The first-order valence-electron chi connectivity index (χ1n) is 14.7. The Kier molecular flexibility index (Phi) is 11.4. The van der Waals surface area contributed by atoms with Crippen LogP contribution in [-0.4, -0.2) is 71.4 Å². The summed E-state index contributed by atoms with van der Waals surface area (Å²) >= 11 is 0. The number of hydrogen-bond donors (Lipinski definition) is 3. The van der Waals surface area contributed by atoms with E-state index >= 15 is 0 Å². The zero-order chi connectivity index (χ0) is 25.9. The van der Waals surface area contributed by atoms with E-state index in [2.05, 4.69) is 72.0 Å². The number of aryl methyl sites for hydroxylation is 1. The van der Waals surface area contributed by atoms with Gasteiger partial charge in [0.15, 0.2) is 11.9 Å². The summed E-state index contributed by atoms with van der Waals surface area (Å²) < 4.78 is 0. The number of nitrogens with one attached hydrogen (secondary N) is 3. The maximum absolute atomic E-state index is 8.96. The van der Waals surface area contributed by atoms with Crippen molar-refractivity contribution in [2.24, 2.45) is 5.92 Å². The molecule has 0 bridgehead atoms. The number of nitrogens with zero attached hydrogens (tertiary/aromatic N) is 3. The molecular weight excluding hydrogens is 444 g/mol. The van der Waals surface area contributed by atoms with Crippen LogP contribution in [0.2, 0.25) is 0 Å². The molecule has 2 heterocycles. The maximum Gasteiger partial charge on any atom is 0.194 e. The molecule has 2 aliphatic heterocycles. The van der Waals surface area contributed by atoms with E-state index in [1.54, 1.807) is 0 Å². The van der Waals surface area contributed by atoms with Gasteiger partial charge in [0, 0.05) is 38.8 Å². The molecule has 0 spiro atoms. The molecule has 0 amide bonds. The van der Waals surface area contributed by atoms with Crippen LogP contribution in [0, 0.1) is 23.7 Å². The van der Waals surface area contributed by atoms with Gasteiger partial charge in [-0.25, -0.2) is 0 Å². The van der Waals surface area contributed by atoms with E-state index in [0.29, 0.717) is 24.0 Å². The van der Waals surface area contributed by atoms with Crippen molar-refractivity contribution in [1.82, 2.24) is 20.0 Å². The van der Waals surface area contributed by atoms with Gasteiger partial charge in [-0.1, -0.05) is 82.7 Å². The lowest BCUT2D eigenvalue weighted by Gasteiger charge is -2.29. The average molecular weight is 497 g/mol. The minimum Gasteiger partial charge on any atom is -0.354 e. The third kappa shape index (κ3) is 7.88. The summed E-state index contributed by atoms with van der Waals surface area (Å²) in [7, 11) is 0. The topological polar surface area (TPSA) is 69.5 Å². The van der Waals surface area contributed by atoms with Crippen LogP contribution in [-0.2, 0) is 6.42 Å². The second-order valence-electron chi connectivity index (χ2n) is 11.1. The van der Waals surface area contributed by atoms with Crippen molar-refractivity contribution in [2.45, 2.75) is 104 Å². The average Bonchev–Trinajstić information content (AvgIpc) is 3.38. The monoisotopic (exact) mass is 496 g/mol. The van der Waals surface area contributed by atoms with E-state index in [9.17, 15) is 0 Å². The Morgan fingerprint density at radius 2 is 1.75 bits per heavy atom. The molecule has 0 aromatic heterocycles. The van der Waals surface area contributed by atoms with Gasteiger partial charge in [0.25, 0.3) is 0 Å². The minimum atomic E-state index is 0.440. The second kappa shape index (κ2) is 14.5. The van der Waals surface area contributed by atoms with Gasteiger partial charge in [-0.15, -0.1) is 0 Å². The van der Waals surface area contributed by atoms with E-state index in [0.717, 1.165) is 70.8 Å². The Morgan fingerprint density at radius 1 is 0.972 bits per heavy atom. The lowest BCUT2D eigenvalue weighted by Crippen LogP contribution is -2.40. The fourth-order valence-electron chi connectivity index (χ4n) is 5.82. The zero-order valence-electron chi connectivity index (χ0n) is 23.5. The molecule has 2 fully saturated rings. The molecule has 1 unspecified atom stereocenters. The van der Waals surface area contributed by atoms with Crippen molar-refractivity contribution in [2.75, 3.05) is 32.7 Å². The van der Waals surface area contributed by atoms with Crippen LogP contribution in [0.15, 0.2) is 24.3 Å². The highest BCUT2D eigenvalue weighted by molar-refractivity contribution is 5.80. The van der Waals surface area contributed by atoms with Crippen LogP contribution in [0.4, 0.5) is 0 Å². The van der Waals surface area contributed by atoms with E-state index in [4.69, 9.17) is 10.8 Å². The highest BCUT2D eigenvalue weighted by Crippen LogP contribution is 2.25. The molecule has 1 aromatic carbocycles. The highest BCUT2D eigenvalue weighted by atomic mass is 15.4. The fraction of sp³-hybridized carbons (Fsp3) is 0.733. The van der Waals surface area contributed by atoms with Crippen LogP contribution < -0.4 is 5.32 Å². The second-order valence-corrected chi connectivity index (χ2v) is 11.1. The number of rotatable bonds is 16. The first kappa shape index (κ1) is 28.3. The summed E-state index contributed by atoms with van der Waals surface area (Å²) in [5, 5.41) is 20.5. The third-order valence-electron chi connectivity index (χ3n) is 8.36. The summed E-state index contributed by atoms with van der Waals surface area (Å²) in [4.78, 5) is 7.00. The van der Waals surface area contributed by atoms with Crippen LogP contribution in [0.3, 0.4) is 0 Å². The van der Waals surface area contributed by atoms with Crippen molar-refractivity contribution >= 4 is 11.9 Å². The van der Waals surface area contributed by atoms with Crippen molar-refractivity contribution < 1.29 is 0 Å². The Bertz CT molecular complexity index is 823. The van der Waals surface area contributed by atoms with Gasteiger partial charge in [-0.3, -0.25) is 10.8 Å². The number of benzene rings is 1. The van der Waals surface area contributed by atoms with Crippen molar-refractivity contribution in [1.29, 1.82) is 10.8 Å². The summed E-state index contributed by atoms with van der Waals surface area (Å²) in [6.45, 7) is 13.9. The lowest BCUT2D eigenvalue weighted by atomic mass is 9.98. The summed E-state index contributed by atoms with van der Waals surface area (Å²) in [6.07, 6.45) is 12.0. The molecule has 2 aliphatic rings. The normalized spacial score (nSPS) is 20.9. The molecule has 3 N–H and O–H groups in total. The Balaban J connectivity index is 1.45. The Labute approximate surface area is 220 Å². The van der Waals surface area contributed by atoms with Gasteiger partial charge in [0.1, 0.15) is 0 Å². The van der Waals surface area contributed by atoms with Gasteiger partial charge in [0.05, 0.1) is 6.04 Å². The summed E-state index contributed by atoms with van der Waals surface area (Å²) in [5.74, 6) is 1.94. The number of hydrogen-bond acceptors (Lipinski definition) is 2. The highest BCUT2D eigenvalue weighted by Gasteiger charge is 2.36. The molecule has 0 radical (unpaired) electrons. The first-order chi connectivity index (χ1) is 17.4. The summed E-state index contributed by atoms with van der Waals surface area (Å²) in [6, 6.07) is 9.70. The standard InChI is InChI=1S/C30H52N6/c1-5-7-8-9-11-19-35-27(22-33-29(35)31)16-10-12-18-34-23-28(25(4)6-2)36(30(34)32)20-17-26-15-13-14-24(3)21-26/h13-15,21,25,27-28,32H,5-12,16-20,22-23H2,1-4H3,(H2,31,33)/t25?,27-,28+/m0/s1. The lowest BCUT2D eigenvalue weighted by molar-refractivity contribution is 0.256. The van der Waals surface area contributed by atoms with Gasteiger partial charge in [-0.05, 0) is 50.5 Å². The predicted molar refractivity (Wildman–Crippen MR) is 153 cm³/mol. The SMILES string of the molecule is CCCCCCCN1C(=N)NC[C@@H]1CCCCN1C[C@H](C(C)CC)N(CCc2cccc(C)c2)C1=N. The molecule has 36 heavy (non-hydrogen) atoms. The quantitative estimate of drug-likeness (QED) is 0.251. The molecule has 202 valence electrons. The summed E-state index contributed by atoms with van der Waals surface area (Å²) in [5.41, 5.74) is 2.68. The molecule has 6 heteroatoms. The van der Waals surface area contributed by atoms with Gasteiger partial charge in [-0.2, -0.15) is 0 Å². The molecular formula is C30H52N6. The van der Waals surface area contributed by atoms with Gasteiger partial charge >= 0.3 is 0 Å². The minimum absolute atomic E-state index is 0.440. The van der Waals surface area contributed by atoms with Crippen LogP contribution in [0.1, 0.15) is 89.7 Å².